The molecule has 1 unspecified atom stereocenters. The first kappa shape index (κ1) is 29.7. The highest BCUT2D eigenvalue weighted by Crippen LogP contribution is 2.31. The van der Waals surface area contributed by atoms with Crippen LogP contribution in [0.2, 0.25) is 0 Å². The number of carbonyl (C=O) groups excluding carboxylic acids is 1. The molecule has 216 valence electrons. The second-order valence-corrected chi connectivity index (χ2v) is 9.61. The molecule has 0 spiro atoms. The fraction of sp³-hybridized carbons (Fsp3) is 0.188. The van der Waals surface area contributed by atoms with E-state index in [1.165, 1.54) is 29.7 Å². The van der Waals surface area contributed by atoms with Gasteiger partial charge in [0.2, 0.25) is 0 Å². The number of nitrogen functional groups attached to an aromatic ring is 1. The van der Waals surface area contributed by atoms with Crippen molar-refractivity contribution in [2.75, 3.05) is 29.5 Å². The van der Waals surface area contributed by atoms with E-state index in [9.17, 15) is 0 Å². The summed E-state index contributed by atoms with van der Waals surface area (Å²) in [6.45, 7) is 9.47. The molecule has 0 aliphatic carbocycles. The van der Waals surface area contributed by atoms with Crippen LogP contribution in [0.1, 0.15) is 24.5 Å². The SMILES string of the molecule is C=C/C=C(\CC)Oc1cc2ccn(C(=N)c3c(N)ncnc3NC3Cc4ccccc4N(C)C3)c2cc1F.C=CC=O. The van der Waals surface area contributed by atoms with E-state index in [1.54, 1.807) is 35.0 Å². The Balaban J connectivity index is 0.000000952. The van der Waals surface area contributed by atoms with Crippen molar-refractivity contribution in [3.63, 3.8) is 0 Å². The Labute approximate surface area is 244 Å². The number of anilines is 3. The minimum absolute atomic E-state index is 0.0408. The Kier molecular flexibility index (Phi) is 9.49. The minimum Gasteiger partial charge on any atom is -0.459 e. The number of halogens is 1. The van der Waals surface area contributed by atoms with Gasteiger partial charge in [0.15, 0.2) is 11.6 Å². The number of ether oxygens (including phenoxy) is 1. The van der Waals surface area contributed by atoms with Crippen LogP contribution in [0.25, 0.3) is 10.9 Å². The van der Waals surface area contributed by atoms with E-state index >= 15 is 4.39 Å². The average Bonchev–Trinajstić information content (AvgIpc) is 3.39. The third-order valence-electron chi connectivity index (χ3n) is 6.79. The number of nitrogens with two attached hydrogens (primary N) is 1. The maximum atomic E-state index is 15.1. The van der Waals surface area contributed by atoms with Gasteiger partial charge in [-0.05, 0) is 42.3 Å². The van der Waals surface area contributed by atoms with Crippen LogP contribution < -0.4 is 20.7 Å². The number of nitrogens with one attached hydrogen (secondary N) is 2. The largest absolute Gasteiger partial charge is 0.459 e. The number of allylic oxidation sites excluding steroid dienone is 4. The molecular formula is C32H34FN7O2. The van der Waals surface area contributed by atoms with Crippen molar-refractivity contribution in [3.8, 4) is 5.75 Å². The Morgan fingerprint density at radius 1 is 1.24 bits per heavy atom. The topological polar surface area (TPSA) is 122 Å². The molecular weight excluding hydrogens is 533 g/mol. The first-order valence-corrected chi connectivity index (χ1v) is 13.4. The number of para-hydroxylation sites is 1. The number of aldehydes is 1. The summed E-state index contributed by atoms with van der Waals surface area (Å²) >= 11 is 0. The van der Waals surface area contributed by atoms with Gasteiger partial charge >= 0.3 is 0 Å². The molecule has 2 aromatic heterocycles. The summed E-state index contributed by atoms with van der Waals surface area (Å²) in [5.74, 6) is 0.855. The maximum absolute atomic E-state index is 15.1. The van der Waals surface area contributed by atoms with Crippen LogP contribution in [0, 0.1) is 11.2 Å². The third-order valence-corrected chi connectivity index (χ3v) is 6.79. The van der Waals surface area contributed by atoms with Crippen molar-refractivity contribution in [1.82, 2.24) is 14.5 Å². The lowest BCUT2D eigenvalue weighted by molar-refractivity contribution is -0.104. The molecule has 5 rings (SSSR count). The molecule has 3 heterocycles. The van der Waals surface area contributed by atoms with Crippen LogP contribution in [-0.4, -0.2) is 46.3 Å². The Bertz CT molecular complexity index is 1650. The second-order valence-electron chi connectivity index (χ2n) is 9.61. The molecule has 1 aliphatic rings. The summed E-state index contributed by atoms with van der Waals surface area (Å²) in [4.78, 5) is 19.8. The first-order valence-electron chi connectivity index (χ1n) is 13.4. The number of aromatic nitrogens is 3. The van der Waals surface area contributed by atoms with E-state index in [-0.39, 0.29) is 23.4 Å². The van der Waals surface area contributed by atoms with Gasteiger partial charge < -0.3 is 25.3 Å². The zero-order valence-electron chi connectivity index (χ0n) is 23.7. The molecule has 2 aromatic carbocycles. The molecule has 0 bridgehead atoms. The van der Waals surface area contributed by atoms with Gasteiger partial charge in [-0.1, -0.05) is 44.4 Å². The number of fused-ring (bicyclic) bond motifs is 2. The van der Waals surface area contributed by atoms with Crippen LogP contribution in [0.5, 0.6) is 5.75 Å². The van der Waals surface area contributed by atoms with Gasteiger partial charge in [0, 0.05) is 49.4 Å². The molecule has 0 fully saturated rings. The van der Waals surface area contributed by atoms with Crippen molar-refractivity contribution >= 4 is 40.3 Å². The number of hydrogen-bond acceptors (Lipinski definition) is 8. The molecule has 1 aliphatic heterocycles. The molecule has 0 saturated heterocycles. The molecule has 0 amide bonds. The van der Waals surface area contributed by atoms with E-state index < -0.39 is 5.82 Å². The number of carbonyl (C=O) groups is 1. The number of nitrogens with zero attached hydrogens (tertiary/aromatic N) is 4. The summed E-state index contributed by atoms with van der Waals surface area (Å²) in [7, 11) is 2.05. The van der Waals surface area contributed by atoms with Crippen molar-refractivity contribution in [2.45, 2.75) is 25.8 Å². The highest BCUT2D eigenvalue weighted by molar-refractivity contribution is 6.09. The summed E-state index contributed by atoms with van der Waals surface area (Å²) in [6.07, 6.45) is 9.64. The lowest BCUT2D eigenvalue weighted by Gasteiger charge is -2.34. The number of hydrogen-bond donors (Lipinski definition) is 3. The van der Waals surface area contributed by atoms with Gasteiger partial charge in [0.1, 0.15) is 41.4 Å². The third kappa shape index (κ3) is 6.38. The Morgan fingerprint density at radius 2 is 2.00 bits per heavy atom. The van der Waals surface area contributed by atoms with E-state index in [0.717, 1.165) is 18.4 Å². The van der Waals surface area contributed by atoms with E-state index in [4.69, 9.17) is 20.7 Å². The zero-order valence-corrected chi connectivity index (χ0v) is 23.7. The van der Waals surface area contributed by atoms with Crippen molar-refractivity contribution in [3.05, 3.63) is 109 Å². The van der Waals surface area contributed by atoms with E-state index in [1.807, 2.05) is 19.1 Å². The van der Waals surface area contributed by atoms with Crippen LogP contribution in [0.15, 0.2) is 92.1 Å². The average molecular weight is 568 g/mol. The van der Waals surface area contributed by atoms with Crippen LogP contribution >= 0.6 is 0 Å². The van der Waals surface area contributed by atoms with Gasteiger partial charge in [-0.25, -0.2) is 14.4 Å². The molecule has 42 heavy (non-hydrogen) atoms. The number of rotatable bonds is 8. The molecule has 10 heteroatoms. The van der Waals surface area contributed by atoms with Gasteiger partial charge in [-0.15, -0.1) is 0 Å². The Morgan fingerprint density at radius 3 is 2.71 bits per heavy atom. The smallest absolute Gasteiger partial charge is 0.167 e. The number of benzene rings is 2. The van der Waals surface area contributed by atoms with Crippen molar-refractivity contribution < 1.29 is 13.9 Å². The lowest BCUT2D eigenvalue weighted by atomic mass is 9.98. The first-order chi connectivity index (χ1) is 20.3. The predicted molar refractivity (Wildman–Crippen MR) is 167 cm³/mol. The summed E-state index contributed by atoms with van der Waals surface area (Å²) in [6, 6.07) is 13.1. The van der Waals surface area contributed by atoms with Crippen molar-refractivity contribution in [1.29, 1.82) is 5.41 Å². The molecule has 4 aromatic rings. The molecule has 9 nitrogen and oxygen atoms in total. The standard InChI is InChI=1S/C29H30FN7O.C3H4O/c1-4-8-21(5-2)38-25-14-19-11-12-37(24(19)15-22(25)30)28(32)26-27(31)33-17-34-29(26)35-20-13-18-9-6-7-10-23(18)36(3)16-20;1-2-3-4/h4,6-12,14-15,17,20,32H,1,5,13,16H2,2-3H3,(H3,31,33,34,35);2-3H,1H2/b21-8+,32-28?;. The van der Waals surface area contributed by atoms with Crippen LogP contribution in [-0.2, 0) is 11.2 Å². The Hall–Kier alpha value is -5.25. The summed E-state index contributed by atoms with van der Waals surface area (Å²) in [5.41, 5.74) is 9.57. The van der Waals surface area contributed by atoms with Crippen LogP contribution in [0.3, 0.4) is 0 Å². The summed E-state index contributed by atoms with van der Waals surface area (Å²) in [5, 5.41) is 13.2. The highest BCUT2D eigenvalue weighted by Gasteiger charge is 2.25. The molecule has 4 N–H and O–H groups in total. The monoisotopic (exact) mass is 567 g/mol. The molecule has 0 saturated carbocycles. The predicted octanol–water partition coefficient (Wildman–Crippen LogP) is 5.73. The molecule has 0 radical (unpaired) electrons. The van der Waals surface area contributed by atoms with Gasteiger partial charge in [-0.2, -0.15) is 0 Å². The minimum atomic E-state index is -0.534. The lowest BCUT2D eigenvalue weighted by Crippen LogP contribution is -2.41. The fourth-order valence-corrected chi connectivity index (χ4v) is 4.87. The van der Waals surface area contributed by atoms with Crippen molar-refractivity contribution in [2.24, 2.45) is 0 Å². The van der Waals surface area contributed by atoms with E-state index in [2.05, 4.69) is 52.5 Å². The summed E-state index contributed by atoms with van der Waals surface area (Å²) < 4.78 is 22.4. The van der Waals surface area contributed by atoms with Gasteiger partial charge in [0.05, 0.1) is 5.52 Å². The zero-order chi connectivity index (χ0) is 30.2. The molecule has 1 atom stereocenters. The van der Waals surface area contributed by atoms with Crippen LogP contribution in [0.4, 0.5) is 21.7 Å². The van der Waals surface area contributed by atoms with E-state index in [0.29, 0.717) is 35.4 Å². The normalized spacial score (nSPS) is 14.3. The number of likely N-dealkylation sites (N-methyl/N-ethyl adjacent to an activating group) is 1. The fourth-order valence-electron chi connectivity index (χ4n) is 4.87. The highest BCUT2D eigenvalue weighted by atomic mass is 19.1. The van der Waals surface area contributed by atoms with Gasteiger partial charge in [0.25, 0.3) is 0 Å². The quantitative estimate of drug-likeness (QED) is 0.0621. The van der Waals surface area contributed by atoms with Gasteiger partial charge in [-0.3, -0.25) is 10.2 Å². The second kappa shape index (κ2) is 13.4. The maximum Gasteiger partial charge on any atom is 0.167 e.